The van der Waals surface area contributed by atoms with Gasteiger partial charge in [0.2, 0.25) is 0 Å². The van der Waals surface area contributed by atoms with Gasteiger partial charge >= 0.3 is 0 Å². The molecule has 0 aliphatic carbocycles. The third-order valence-electron chi connectivity index (χ3n) is 7.75. The molecule has 3 heteroatoms. The normalized spacial score (nSPS) is 27.8. The lowest BCUT2D eigenvalue weighted by Crippen LogP contribution is -2.67. The summed E-state index contributed by atoms with van der Waals surface area (Å²) in [6, 6.07) is 22.0. The van der Waals surface area contributed by atoms with Crippen molar-refractivity contribution in [1.82, 2.24) is 4.98 Å². The summed E-state index contributed by atoms with van der Waals surface area (Å²) < 4.78 is 7.69. The second kappa shape index (κ2) is 9.01. The Morgan fingerprint density at radius 3 is 2.69 bits per heavy atom. The fourth-order valence-corrected chi connectivity index (χ4v) is 6.26. The average Bonchev–Trinajstić information content (AvgIpc) is 2.85. The van der Waals surface area contributed by atoms with Gasteiger partial charge in [-0.1, -0.05) is 60.7 Å². The van der Waals surface area contributed by atoms with Crippen molar-refractivity contribution in [2.75, 3.05) is 19.7 Å². The van der Waals surface area contributed by atoms with Crippen molar-refractivity contribution in [3.8, 4) is 0 Å². The second-order valence-electron chi connectivity index (χ2n) is 9.48. The molecule has 3 nitrogen and oxygen atoms in total. The zero-order chi connectivity index (χ0) is 22.0. The molecule has 0 amide bonds. The van der Waals surface area contributed by atoms with Crippen LogP contribution in [0.3, 0.4) is 0 Å². The van der Waals surface area contributed by atoms with Crippen molar-refractivity contribution in [3.05, 3.63) is 103 Å². The molecule has 3 aliphatic heterocycles. The molecule has 4 heterocycles. The average molecular weight is 426 g/mol. The number of hydrogen-bond acceptors (Lipinski definition) is 2. The molecule has 3 aliphatic rings. The number of ether oxygens (including phenoxy) is 1. The number of rotatable bonds is 8. The molecule has 0 spiro atoms. The second-order valence-corrected chi connectivity index (χ2v) is 9.48. The summed E-state index contributed by atoms with van der Waals surface area (Å²) in [6.07, 6.45) is 8.47. The Hall–Kier alpha value is -2.75. The Morgan fingerprint density at radius 1 is 1.06 bits per heavy atom. The predicted molar refractivity (Wildman–Crippen MR) is 131 cm³/mol. The van der Waals surface area contributed by atoms with Crippen molar-refractivity contribution in [1.29, 1.82) is 0 Å². The quantitative estimate of drug-likeness (QED) is 0.322. The Balaban J connectivity index is 1.60. The molecule has 1 aromatic heterocycles. The van der Waals surface area contributed by atoms with E-state index < -0.39 is 0 Å². The third-order valence-corrected chi connectivity index (χ3v) is 7.75. The van der Waals surface area contributed by atoms with E-state index in [4.69, 9.17) is 4.74 Å². The number of aromatic nitrogens is 1. The van der Waals surface area contributed by atoms with E-state index >= 15 is 0 Å². The number of pyridine rings is 1. The number of quaternary nitrogens is 1. The summed E-state index contributed by atoms with van der Waals surface area (Å²) in [5.74, 6) is 1.27. The van der Waals surface area contributed by atoms with Crippen molar-refractivity contribution >= 4 is 10.9 Å². The molecule has 0 unspecified atom stereocenters. The number of benzene rings is 2. The highest BCUT2D eigenvalue weighted by molar-refractivity contribution is 5.82. The zero-order valence-electron chi connectivity index (χ0n) is 18.8. The highest BCUT2D eigenvalue weighted by atomic mass is 16.5. The van der Waals surface area contributed by atoms with E-state index in [1.165, 1.54) is 35.9 Å². The van der Waals surface area contributed by atoms with E-state index in [1.807, 2.05) is 12.3 Å². The first-order chi connectivity index (χ1) is 15.7. The van der Waals surface area contributed by atoms with Gasteiger partial charge in [0, 0.05) is 35.9 Å². The summed E-state index contributed by atoms with van der Waals surface area (Å²) >= 11 is 0. The molecular weight excluding hydrogens is 392 g/mol. The summed E-state index contributed by atoms with van der Waals surface area (Å²) in [5.41, 5.74) is 3.70. The number of fused-ring (bicyclic) bond motifs is 4. The molecule has 3 saturated heterocycles. The predicted octanol–water partition coefficient (Wildman–Crippen LogP) is 6.09. The highest BCUT2D eigenvalue weighted by Gasteiger charge is 2.54. The molecule has 0 saturated carbocycles. The molecule has 0 N–H and O–H groups in total. The lowest BCUT2D eigenvalue weighted by molar-refractivity contribution is -0.985. The van der Waals surface area contributed by atoms with Gasteiger partial charge in [-0.25, -0.2) is 0 Å². The minimum Gasteiger partial charge on any atom is -0.363 e. The Bertz CT molecular complexity index is 1090. The van der Waals surface area contributed by atoms with E-state index in [-0.39, 0.29) is 6.10 Å². The van der Waals surface area contributed by atoms with Crippen LogP contribution in [0.4, 0.5) is 0 Å². The molecule has 2 bridgehead atoms. The summed E-state index contributed by atoms with van der Waals surface area (Å²) in [4.78, 5) is 4.61. The highest BCUT2D eigenvalue weighted by Crippen LogP contribution is 2.49. The Kier molecular flexibility index (Phi) is 5.95. The van der Waals surface area contributed by atoms with Crippen LogP contribution in [0, 0.1) is 11.8 Å². The minimum absolute atomic E-state index is 0.0122. The molecule has 6 rings (SSSR count). The fraction of sp³-hybridized carbons (Fsp3) is 0.345. The van der Waals surface area contributed by atoms with Gasteiger partial charge < -0.3 is 9.22 Å². The Morgan fingerprint density at radius 2 is 1.88 bits per heavy atom. The topological polar surface area (TPSA) is 22.1 Å². The first kappa shape index (κ1) is 21.1. The maximum Gasteiger partial charge on any atom is 0.135 e. The van der Waals surface area contributed by atoms with E-state index in [9.17, 15) is 0 Å². The molecular formula is C29H33N2O+. The van der Waals surface area contributed by atoms with Crippen LogP contribution in [0.25, 0.3) is 10.9 Å². The molecule has 5 atom stereocenters. The van der Waals surface area contributed by atoms with Gasteiger partial charge in [-0.05, 0) is 23.6 Å². The number of hydrogen-bond donors (Lipinski definition) is 0. The zero-order valence-corrected chi connectivity index (χ0v) is 18.8. The molecule has 2 aromatic carbocycles. The number of nitrogens with zero attached hydrogens (tertiary/aromatic N) is 2. The van der Waals surface area contributed by atoms with Crippen LogP contribution in [0.15, 0.2) is 92.2 Å². The standard InChI is InChI=1S/C29H33N2O/c1-3-18-32-29(26-14-16-30-27-13-9-8-12-25(26)27)28-19-24-15-17-31(28,21-23(24)4-2)20-22-10-6-5-7-11-22/h3-14,16,23-24,28-29H,1-2,15,17-21H2/q+1/t23-,24-,28-,29+,31-/m0/s1. The number of para-hydroxylation sites is 1. The van der Waals surface area contributed by atoms with Gasteiger partial charge in [-0.3, -0.25) is 4.98 Å². The molecule has 32 heavy (non-hydrogen) atoms. The van der Waals surface area contributed by atoms with Crippen molar-refractivity contribution < 1.29 is 9.22 Å². The Labute approximate surface area is 191 Å². The van der Waals surface area contributed by atoms with E-state index in [0.717, 1.165) is 23.1 Å². The molecule has 3 fully saturated rings. The van der Waals surface area contributed by atoms with Crippen LogP contribution in [-0.4, -0.2) is 35.2 Å². The van der Waals surface area contributed by atoms with Crippen LogP contribution in [0.5, 0.6) is 0 Å². The maximum atomic E-state index is 6.62. The van der Waals surface area contributed by atoms with Gasteiger partial charge in [0.05, 0.1) is 25.2 Å². The fourth-order valence-electron chi connectivity index (χ4n) is 6.26. The van der Waals surface area contributed by atoms with E-state index in [0.29, 0.717) is 24.5 Å². The smallest absolute Gasteiger partial charge is 0.135 e. The van der Waals surface area contributed by atoms with Crippen LogP contribution in [0.1, 0.15) is 30.1 Å². The van der Waals surface area contributed by atoms with Gasteiger partial charge in [-0.15, -0.1) is 13.2 Å². The summed E-state index contributed by atoms with van der Waals surface area (Å²) in [7, 11) is 0. The van der Waals surface area contributed by atoms with Crippen LogP contribution >= 0.6 is 0 Å². The van der Waals surface area contributed by atoms with E-state index in [1.54, 1.807) is 0 Å². The van der Waals surface area contributed by atoms with E-state index in [2.05, 4.69) is 84.9 Å². The minimum atomic E-state index is 0.0122. The summed E-state index contributed by atoms with van der Waals surface area (Å²) in [5, 5.41) is 1.20. The van der Waals surface area contributed by atoms with Gasteiger partial charge in [0.15, 0.2) is 0 Å². The van der Waals surface area contributed by atoms with Crippen LogP contribution in [-0.2, 0) is 11.3 Å². The van der Waals surface area contributed by atoms with Gasteiger partial charge in [-0.2, -0.15) is 0 Å². The third kappa shape index (κ3) is 3.80. The molecule has 0 radical (unpaired) electrons. The maximum absolute atomic E-state index is 6.62. The van der Waals surface area contributed by atoms with Crippen LogP contribution in [0.2, 0.25) is 0 Å². The first-order valence-corrected chi connectivity index (χ1v) is 11.8. The van der Waals surface area contributed by atoms with Crippen molar-refractivity contribution in [2.24, 2.45) is 11.8 Å². The summed E-state index contributed by atoms with van der Waals surface area (Å²) in [6.45, 7) is 12.1. The van der Waals surface area contributed by atoms with Crippen LogP contribution < -0.4 is 0 Å². The number of piperidine rings is 3. The lowest BCUT2D eigenvalue weighted by Gasteiger charge is -2.58. The monoisotopic (exact) mass is 425 g/mol. The molecule has 3 aromatic rings. The van der Waals surface area contributed by atoms with Crippen molar-refractivity contribution in [3.63, 3.8) is 0 Å². The van der Waals surface area contributed by atoms with Crippen molar-refractivity contribution in [2.45, 2.75) is 31.5 Å². The SMILES string of the molecule is C=CCO[C@H](c1ccnc2ccccc12)[C@@H]1C[C@@H]2CC[N@+]1(Cc1ccccc1)C[C@@H]2C=C. The lowest BCUT2D eigenvalue weighted by atomic mass is 9.71. The largest absolute Gasteiger partial charge is 0.363 e. The first-order valence-electron chi connectivity index (χ1n) is 11.8. The van der Waals surface area contributed by atoms with Gasteiger partial charge in [0.1, 0.15) is 18.7 Å². The molecule has 164 valence electrons. The van der Waals surface area contributed by atoms with Gasteiger partial charge in [0.25, 0.3) is 0 Å².